The normalized spacial score (nSPS) is 18.2. The highest BCUT2D eigenvalue weighted by Crippen LogP contribution is 2.32. The molecule has 1 heterocycles. The fraction of sp³-hybridized carbons (Fsp3) is 0.640. The summed E-state index contributed by atoms with van der Waals surface area (Å²) in [5, 5.41) is 3.49. The second-order valence-electron chi connectivity index (χ2n) is 9.70. The van der Waals surface area contributed by atoms with Gasteiger partial charge in [-0.1, -0.05) is 32.1 Å². The topological polar surface area (TPSA) is 94.4 Å². The number of rotatable bonds is 8. The first-order valence-electron chi connectivity index (χ1n) is 12.5. The Morgan fingerprint density at radius 1 is 1.12 bits per heavy atom. The smallest absolute Gasteiger partial charge is 0.350 e. The Morgan fingerprint density at radius 3 is 2.47 bits per heavy atom. The third-order valence-corrected chi connectivity index (χ3v) is 7.19. The predicted molar refractivity (Wildman–Crippen MR) is 130 cm³/mol. The number of hydrogen-bond acceptors (Lipinski definition) is 6. The van der Waals surface area contributed by atoms with Crippen molar-refractivity contribution in [2.24, 2.45) is 0 Å². The van der Waals surface area contributed by atoms with E-state index in [-0.39, 0.29) is 35.9 Å². The summed E-state index contributed by atoms with van der Waals surface area (Å²) in [7, 11) is 1.32. The number of esters is 1. The van der Waals surface area contributed by atoms with Crippen LogP contribution in [0.5, 0.6) is 0 Å². The van der Waals surface area contributed by atoms with Gasteiger partial charge in [-0.05, 0) is 51.2 Å². The van der Waals surface area contributed by atoms with Gasteiger partial charge in [0.1, 0.15) is 5.82 Å². The third kappa shape index (κ3) is 5.13. The minimum atomic E-state index is -0.581. The average Bonchev–Trinajstić information content (AvgIpc) is 3.36. The molecule has 2 aromatic rings. The van der Waals surface area contributed by atoms with E-state index in [2.05, 4.69) is 15.5 Å². The van der Waals surface area contributed by atoms with Crippen LogP contribution in [0.25, 0.3) is 10.9 Å². The molecule has 2 aliphatic rings. The number of hydrogen-bond donors (Lipinski definition) is 2. The van der Waals surface area contributed by atoms with Crippen molar-refractivity contribution in [1.29, 1.82) is 0 Å². The van der Waals surface area contributed by atoms with Crippen LogP contribution in [-0.4, -0.2) is 34.4 Å². The molecular formula is C25H35FN4O4. The fourth-order valence-electron chi connectivity index (χ4n) is 5.28. The molecule has 2 fully saturated rings. The molecule has 0 spiro atoms. The SMILES string of the molecule is COC(=O)CCC(C)Nn1c(=O)c2cc(F)c(NC3CCCCC3)cc2n(C2CCCC2)c1=O. The van der Waals surface area contributed by atoms with E-state index in [1.54, 1.807) is 17.6 Å². The van der Waals surface area contributed by atoms with Crippen LogP contribution in [-0.2, 0) is 9.53 Å². The average molecular weight is 475 g/mol. The molecule has 0 bridgehead atoms. The van der Waals surface area contributed by atoms with Gasteiger partial charge in [-0.2, -0.15) is 4.68 Å². The molecule has 1 aromatic heterocycles. The van der Waals surface area contributed by atoms with E-state index < -0.39 is 17.1 Å². The number of ether oxygens (including phenoxy) is 1. The number of fused-ring (bicyclic) bond motifs is 1. The summed E-state index contributed by atoms with van der Waals surface area (Å²) >= 11 is 0. The van der Waals surface area contributed by atoms with E-state index in [4.69, 9.17) is 0 Å². The maximum absolute atomic E-state index is 15.1. The quantitative estimate of drug-likeness (QED) is 0.561. The van der Waals surface area contributed by atoms with Crippen LogP contribution in [0, 0.1) is 5.82 Å². The number of carbonyl (C=O) groups excluding carboxylic acids is 1. The van der Waals surface area contributed by atoms with E-state index in [9.17, 15) is 14.4 Å². The van der Waals surface area contributed by atoms with Gasteiger partial charge in [0.2, 0.25) is 0 Å². The van der Waals surface area contributed by atoms with Crippen molar-refractivity contribution in [2.75, 3.05) is 17.9 Å². The van der Waals surface area contributed by atoms with E-state index in [0.29, 0.717) is 17.6 Å². The number of methoxy groups -OCH3 is 1. The molecule has 9 heteroatoms. The summed E-state index contributed by atoms with van der Waals surface area (Å²) in [6, 6.07) is 2.72. The minimum Gasteiger partial charge on any atom is -0.469 e. The van der Waals surface area contributed by atoms with Gasteiger partial charge in [-0.15, -0.1) is 0 Å². The largest absolute Gasteiger partial charge is 0.469 e. The Morgan fingerprint density at radius 2 is 1.79 bits per heavy atom. The Kier molecular flexibility index (Phi) is 7.58. The van der Waals surface area contributed by atoms with Crippen molar-refractivity contribution < 1.29 is 13.9 Å². The number of benzene rings is 1. The first-order valence-corrected chi connectivity index (χ1v) is 12.5. The van der Waals surface area contributed by atoms with Crippen LogP contribution in [0.4, 0.5) is 10.1 Å². The van der Waals surface area contributed by atoms with Gasteiger partial charge in [0.25, 0.3) is 5.56 Å². The molecule has 0 saturated heterocycles. The van der Waals surface area contributed by atoms with E-state index >= 15 is 4.39 Å². The van der Waals surface area contributed by atoms with Crippen LogP contribution in [0.2, 0.25) is 0 Å². The zero-order chi connectivity index (χ0) is 24.2. The molecule has 0 amide bonds. The van der Waals surface area contributed by atoms with Crippen LogP contribution in [0.1, 0.15) is 83.6 Å². The molecule has 0 radical (unpaired) electrons. The van der Waals surface area contributed by atoms with Crippen molar-refractivity contribution in [3.63, 3.8) is 0 Å². The second kappa shape index (κ2) is 10.6. The lowest BCUT2D eigenvalue weighted by molar-refractivity contribution is -0.140. The lowest BCUT2D eigenvalue weighted by Crippen LogP contribution is -2.48. The van der Waals surface area contributed by atoms with Crippen LogP contribution < -0.4 is 22.0 Å². The molecule has 8 nitrogen and oxygen atoms in total. The van der Waals surface area contributed by atoms with Crippen molar-refractivity contribution in [2.45, 2.75) is 95.7 Å². The molecule has 186 valence electrons. The number of aromatic nitrogens is 2. The fourth-order valence-corrected chi connectivity index (χ4v) is 5.28. The van der Waals surface area contributed by atoms with Crippen molar-refractivity contribution in [1.82, 2.24) is 9.24 Å². The summed E-state index contributed by atoms with van der Waals surface area (Å²) in [5.41, 5.74) is 2.73. The van der Waals surface area contributed by atoms with Gasteiger partial charge in [0, 0.05) is 24.5 Å². The summed E-state index contributed by atoms with van der Waals surface area (Å²) in [6.07, 6.45) is 9.65. The number of nitrogens with zero attached hydrogens (tertiary/aromatic N) is 2. The van der Waals surface area contributed by atoms with Gasteiger partial charge in [0.15, 0.2) is 0 Å². The number of halogens is 1. The number of carbonyl (C=O) groups is 1. The van der Waals surface area contributed by atoms with Crippen LogP contribution in [0.15, 0.2) is 21.7 Å². The lowest BCUT2D eigenvalue weighted by Gasteiger charge is -2.25. The highest BCUT2D eigenvalue weighted by Gasteiger charge is 2.25. The lowest BCUT2D eigenvalue weighted by atomic mass is 9.95. The highest BCUT2D eigenvalue weighted by molar-refractivity contribution is 5.82. The minimum absolute atomic E-state index is 0.0398. The zero-order valence-electron chi connectivity index (χ0n) is 20.1. The van der Waals surface area contributed by atoms with Crippen molar-refractivity contribution in [3.8, 4) is 0 Å². The molecule has 1 aromatic carbocycles. The maximum atomic E-state index is 15.1. The van der Waals surface area contributed by atoms with Gasteiger partial charge < -0.3 is 15.5 Å². The Balaban J connectivity index is 1.75. The van der Waals surface area contributed by atoms with Gasteiger partial charge in [0.05, 0.1) is 23.7 Å². The molecule has 2 saturated carbocycles. The molecular weight excluding hydrogens is 439 g/mol. The monoisotopic (exact) mass is 474 g/mol. The van der Waals surface area contributed by atoms with E-state index in [1.807, 2.05) is 0 Å². The molecule has 34 heavy (non-hydrogen) atoms. The Labute approximate surface area is 198 Å². The van der Waals surface area contributed by atoms with E-state index in [1.165, 1.54) is 19.6 Å². The summed E-state index contributed by atoms with van der Waals surface area (Å²) < 4.78 is 22.5. The first-order chi connectivity index (χ1) is 16.4. The zero-order valence-corrected chi connectivity index (χ0v) is 20.1. The summed E-state index contributed by atoms with van der Waals surface area (Å²) in [4.78, 5) is 38.4. The Hall–Kier alpha value is -2.84. The van der Waals surface area contributed by atoms with Gasteiger partial charge in [-0.3, -0.25) is 14.2 Å². The Bertz CT molecular complexity index is 1150. The van der Waals surface area contributed by atoms with Crippen LogP contribution in [0.3, 0.4) is 0 Å². The van der Waals surface area contributed by atoms with Gasteiger partial charge >= 0.3 is 11.7 Å². The summed E-state index contributed by atoms with van der Waals surface area (Å²) in [6.45, 7) is 1.79. The predicted octanol–water partition coefficient (Wildman–Crippen LogP) is 4.05. The summed E-state index contributed by atoms with van der Waals surface area (Å²) in [5.74, 6) is -0.847. The van der Waals surface area contributed by atoms with Crippen molar-refractivity contribution in [3.05, 3.63) is 38.8 Å². The van der Waals surface area contributed by atoms with E-state index in [0.717, 1.165) is 56.0 Å². The number of anilines is 1. The second-order valence-corrected chi connectivity index (χ2v) is 9.70. The molecule has 2 aliphatic carbocycles. The first kappa shape index (κ1) is 24.3. The van der Waals surface area contributed by atoms with Gasteiger partial charge in [-0.25, -0.2) is 9.18 Å². The molecule has 1 atom stereocenters. The molecule has 0 aliphatic heterocycles. The maximum Gasteiger partial charge on any atom is 0.350 e. The number of nitrogens with one attached hydrogen (secondary N) is 2. The van der Waals surface area contributed by atoms with Crippen molar-refractivity contribution >= 4 is 22.6 Å². The molecule has 1 unspecified atom stereocenters. The molecule has 4 rings (SSSR count). The highest BCUT2D eigenvalue weighted by atomic mass is 19.1. The standard InChI is InChI=1S/C25H35FN4O4/c1-16(12-13-23(31)34-2)28-30-24(32)19-14-20(26)21(27-17-8-4-3-5-9-17)15-22(19)29(25(30)33)18-10-6-7-11-18/h14-18,27-28H,3-13H2,1-2H3. The third-order valence-electron chi connectivity index (χ3n) is 7.19. The van der Waals surface area contributed by atoms with Crippen LogP contribution >= 0.6 is 0 Å². The molecule has 2 N–H and O–H groups in total.